The number of carbonyl (C=O) groups excluding carboxylic acids is 1. The number of methoxy groups -OCH3 is 1. The fraction of sp³-hybridized carbons (Fsp3) is 0.533. The molecule has 2 rings (SSSR count). The monoisotopic (exact) mass is 389 g/mol. The molecule has 1 fully saturated rings. The minimum atomic E-state index is -0.714. The number of nitrogens with two attached hydrogens (primary N) is 1. The van der Waals surface area contributed by atoms with Crippen LogP contribution < -0.4 is 5.73 Å². The highest BCUT2D eigenvalue weighted by Crippen LogP contribution is 2.56. The molecule has 5 heteroatoms. The molecular formula is C15H20INO3. The first kappa shape index (κ1) is 15.6. The predicted molar refractivity (Wildman–Crippen MR) is 85.6 cm³/mol. The fourth-order valence-corrected chi connectivity index (χ4v) is 3.91. The van der Waals surface area contributed by atoms with Gasteiger partial charge in [-0.3, -0.25) is 0 Å². The molecule has 0 saturated heterocycles. The van der Waals surface area contributed by atoms with Gasteiger partial charge in [0.2, 0.25) is 0 Å². The second-order valence-corrected chi connectivity index (χ2v) is 6.33. The first-order valence-electron chi connectivity index (χ1n) is 6.80. The molecule has 0 bridgehead atoms. The Bertz CT molecular complexity index is 494. The molecule has 1 aromatic rings. The maximum atomic E-state index is 11.1. The highest BCUT2D eigenvalue weighted by Gasteiger charge is 2.63. The van der Waals surface area contributed by atoms with Crippen LogP contribution in [0.4, 0.5) is 4.79 Å². The summed E-state index contributed by atoms with van der Waals surface area (Å²) in [6.07, 6.45) is 1.86. The Kier molecular flexibility index (Phi) is 4.90. The first-order valence-corrected chi connectivity index (χ1v) is 7.88. The van der Waals surface area contributed by atoms with E-state index in [9.17, 15) is 4.79 Å². The van der Waals surface area contributed by atoms with E-state index < -0.39 is 6.09 Å². The number of carbonyl (C=O) groups is 1. The molecule has 1 saturated carbocycles. The third kappa shape index (κ3) is 2.79. The van der Waals surface area contributed by atoms with Crippen LogP contribution in [0.3, 0.4) is 0 Å². The second-order valence-electron chi connectivity index (χ2n) is 5.16. The SMILES string of the molecule is CCCC(OC)[C@@]1(c2ccccc2I)C[C@@H]1OC(N)=O. The van der Waals surface area contributed by atoms with Gasteiger partial charge in [-0.05, 0) is 40.6 Å². The third-order valence-electron chi connectivity index (χ3n) is 3.98. The maximum Gasteiger partial charge on any atom is 0.404 e. The van der Waals surface area contributed by atoms with E-state index >= 15 is 0 Å². The average Bonchev–Trinajstić information content (AvgIpc) is 3.10. The molecular weight excluding hydrogens is 369 g/mol. The van der Waals surface area contributed by atoms with Crippen molar-refractivity contribution in [3.63, 3.8) is 0 Å². The minimum Gasteiger partial charge on any atom is -0.445 e. The summed E-state index contributed by atoms with van der Waals surface area (Å²) in [4.78, 5) is 11.1. The van der Waals surface area contributed by atoms with Gasteiger partial charge in [-0.1, -0.05) is 31.5 Å². The molecule has 1 amide bonds. The van der Waals surface area contributed by atoms with Crippen LogP contribution in [0.15, 0.2) is 24.3 Å². The van der Waals surface area contributed by atoms with E-state index in [1.165, 1.54) is 9.13 Å². The van der Waals surface area contributed by atoms with Crippen molar-refractivity contribution >= 4 is 28.7 Å². The Morgan fingerprint density at radius 1 is 1.55 bits per heavy atom. The van der Waals surface area contributed by atoms with E-state index in [2.05, 4.69) is 41.6 Å². The molecule has 0 spiro atoms. The molecule has 20 heavy (non-hydrogen) atoms. The normalized spacial score (nSPS) is 26.1. The second kappa shape index (κ2) is 6.30. The lowest BCUT2D eigenvalue weighted by molar-refractivity contribution is 0.0401. The highest BCUT2D eigenvalue weighted by atomic mass is 127. The molecule has 4 nitrogen and oxygen atoms in total. The van der Waals surface area contributed by atoms with E-state index in [0.717, 1.165) is 19.3 Å². The lowest BCUT2D eigenvalue weighted by Crippen LogP contribution is -2.34. The van der Waals surface area contributed by atoms with Crippen LogP contribution in [-0.2, 0) is 14.9 Å². The van der Waals surface area contributed by atoms with Gasteiger partial charge in [-0.15, -0.1) is 0 Å². The van der Waals surface area contributed by atoms with E-state index in [1.807, 2.05) is 12.1 Å². The summed E-state index contributed by atoms with van der Waals surface area (Å²) in [6.45, 7) is 2.13. The van der Waals surface area contributed by atoms with Crippen molar-refractivity contribution in [3.8, 4) is 0 Å². The van der Waals surface area contributed by atoms with Crippen LogP contribution in [0.5, 0.6) is 0 Å². The Hall–Kier alpha value is -0.820. The van der Waals surface area contributed by atoms with Gasteiger partial charge in [0.1, 0.15) is 6.10 Å². The van der Waals surface area contributed by atoms with E-state index in [1.54, 1.807) is 7.11 Å². The molecule has 1 aromatic carbocycles. The molecule has 3 atom stereocenters. The Morgan fingerprint density at radius 3 is 2.80 bits per heavy atom. The molecule has 0 aliphatic heterocycles. The standard InChI is InChI=1S/C15H20INO3/c1-3-6-12(19-2)15(9-13(15)20-14(17)18)10-7-4-5-8-11(10)16/h4-5,7-8,12-13H,3,6,9H2,1-2H3,(H2,17,18)/t12?,13-,15-/m0/s1. The highest BCUT2D eigenvalue weighted by molar-refractivity contribution is 14.1. The largest absolute Gasteiger partial charge is 0.445 e. The van der Waals surface area contributed by atoms with Gasteiger partial charge in [-0.2, -0.15) is 0 Å². The van der Waals surface area contributed by atoms with E-state index in [-0.39, 0.29) is 17.6 Å². The average molecular weight is 389 g/mol. The van der Waals surface area contributed by atoms with Gasteiger partial charge in [0.05, 0.1) is 11.5 Å². The van der Waals surface area contributed by atoms with E-state index in [0.29, 0.717) is 0 Å². The van der Waals surface area contributed by atoms with Crippen molar-refractivity contribution < 1.29 is 14.3 Å². The number of hydrogen-bond acceptors (Lipinski definition) is 3. The zero-order valence-corrected chi connectivity index (χ0v) is 13.9. The molecule has 1 unspecified atom stereocenters. The van der Waals surface area contributed by atoms with Gasteiger partial charge < -0.3 is 15.2 Å². The predicted octanol–water partition coefficient (Wildman–Crippen LogP) is 3.21. The number of primary amides is 1. The van der Waals surface area contributed by atoms with Crippen LogP contribution in [0.1, 0.15) is 31.7 Å². The minimum absolute atomic E-state index is 0.0350. The third-order valence-corrected chi connectivity index (χ3v) is 4.92. The van der Waals surface area contributed by atoms with Gasteiger partial charge >= 0.3 is 6.09 Å². The summed E-state index contributed by atoms with van der Waals surface area (Å²) in [5.41, 5.74) is 6.12. The van der Waals surface area contributed by atoms with Gasteiger partial charge in [-0.25, -0.2) is 4.79 Å². The summed E-state index contributed by atoms with van der Waals surface area (Å²) in [6, 6.07) is 8.17. The van der Waals surface area contributed by atoms with Crippen molar-refractivity contribution in [2.75, 3.05) is 7.11 Å². The van der Waals surface area contributed by atoms with Gasteiger partial charge in [0, 0.05) is 17.1 Å². The number of halogens is 1. The number of hydrogen-bond donors (Lipinski definition) is 1. The maximum absolute atomic E-state index is 11.1. The first-order chi connectivity index (χ1) is 9.56. The smallest absolute Gasteiger partial charge is 0.404 e. The van der Waals surface area contributed by atoms with Crippen molar-refractivity contribution in [2.24, 2.45) is 5.73 Å². The van der Waals surface area contributed by atoms with Crippen LogP contribution in [0, 0.1) is 3.57 Å². The Balaban J connectivity index is 2.36. The Morgan fingerprint density at radius 2 is 2.25 bits per heavy atom. The molecule has 0 aromatic heterocycles. The summed E-state index contributed by atoms with van der Waals surface area (Å²) < 4.78 is 12.1. The van der Waals surface area contributed by atoms with E-state index in [4.69, 9.17) is 15.2 Å². The summed E-state index contributed by atoms with van der Waals surface area (Å²) in [7, 11) is 1.72. The summed E-state index contributed by atoms with van der Waals surface area (Å²) in [5, 5.41) is 0. The van der Waals surface area contributed by atoms with Crippen LogP contribution in [0.25, 0.3) is 0 Å². The van der Waals surface area contributed by atoms with Crippen molar-refractivity contribution in [1.29, 1.82) is 0 Å². The van der Waals surface area contributed by atoms with Crippen molar-refractivity contribution in [1.82, 2.24) is 0 Å². The number of amides is 1. The van der Waals surface area contributed by atoms with Crippen LogP contribution in [-0.4, -0.2) is 25.4 Å². The molecule has 0 radical (unpaired) electrons. The zero-order valence-electron chi connectivity index (χ0n) is 11.8. The lowest BCUT2D eigenvalue weighted by atomic mass is 9.87. The Labute approximate surface area is 133 Å². The zero-order chi connectivity index (χ0) is 14.8. The van der Waals surface area contributed by atoms with Crippen molar-refractivity contribution in [2.45, 2.75) is 43.8 Å². The van der Waals surface area contributed by atoms with Gasteiger partial charge in [0.15, 0.2) is 0 Å². The van der Waals surface area contributed by atoms with Crippen molar-refractivity contribution in [3.05, 3.63) is 33.4 Å². The topological polar surface area (TPSA) is 61.6 Å². The molecule has 110 valence electrons. The number of benzene rings is 1. The quantitative estimate of drug-likeness (QED) is 0.761. The summed E-state index contributed by atoms with van der Waals surface area (Å²) >= 11 is 2.32. The summed E-state index contributed by atoms with van der Waals surface area (Å²) in [5.74, 6) is 0. The number of ether oxygens (including phenoxy) is 2. The molecule has 1 aliphatic rings. The van der Waals surface area contributed by atoms with Crippen LogP contribution in [0.2, 0.25) is 0 Å². The molecule has 2 N–H and O–H groups in total. The van der Waals surface area contributed by atoms with Crippen LogP contribution >= 0.6 is 22.6 Å². The van der Waals surface area contributed by atoms with Gasteiger partial charge in [0.25, 0.3) is 0 Å². The molecule has 0 heterocycles. The lowest BCUT2D eigenvalue weighted by Gasteiger charge is -2.28. The molecule has 1 aliphatic carbocycles. The fourth-order valence-electron chi connectivity index (χ4n) is 3.02. The number of rotatable bonds is 6.